The van der Waals surface area contributed by atoms with Crippen LogP contribution in [-0.2, 0) is 9.59 Å². The smallest absolute Gasteiger partial charge is 0.239 e. The van der Waals surface area contributed by atoms with Gasteiger partial charge in [-0.05, 0) is 65.6 Å². The molecule has 0 saturated heterocycles. The number of hydrogen-bond acceptors (Lipinski definition) is 3. The molecule has 5 nitrogen and oxygen atoms in total. The molecule has 0 aromatic heterocycles. The van der Waals surface area contributed by atoms with Crippen molar-refractivity contribution in [3.8, 4) is 0 Å². The van der Waals surface area contributed by atoms with Crippen LogP contribution in [0.15, 0.2) is 12.1 Å². The van der Waals surface area contributed by atoms with E-state index in [1.54, 1.807) is 0 Å². The third kappa shape index (κ3) is 5.57. The molecule has 1 fully saturated rings. The van der Waals surface area contributed by atoms with Crippen LogP contribution in [0.5, 0.6) is 0 Å². The summed E-state index contributed by atoms with van der Waals surface area (Å²) in [5.74, 6) is 0.0466. The number of amides is 2. The second-order valence-corrected chi connectivity index (χ2v) is 8.33. The average Bonchev–Trinajstić information content (AvgIpc) is 2.65. The summed E-state index contributed by atoms with van der Waals surface area (Å²) >= 11 is 0. The standard InChI is InChI=1S/C23H37N3O2/c1-7-26(20-11-9-8-10-12-20)23(28)19(5)25(6)15-21(27)24-22-17(3)13-16(2)14-18(22)4/h13-14,19-20H,7-12,15H2,1-6H3,(H,24,27)/t19-/m0/s1. The van der Waals surface area contributed by atoms with Crippen LogP contribution in [0.25, 0.3) is 0 Å². The quantitative estimate of drug-likeness (QED) is 0.768. The van der Waals surface area contributed by atoms with E-state index in [0.29, 0.717) is 6.04 Å². The molecular formula is C23H37N3O2. The Morgan fingerprint density at radius 2 is 1.68 bits per heavy atom. The topological polar surface area (TPSA) is 52.7 Å². The van der Waals surface area contributed by atoms with Gasteiger partial charge in [-0.3, -0.25) is 14.5 Å². The minimum atomic E-state index is -0.312. The van der Waals surface area contributed by atoms with Crippen molar-refractivity contribution in [2.45, 2.75) is 78.8 Å². The number of carbonyl (C=O) groups is 2. The first kappa shape index (κ1) is 22.4. The van der Waals surface area contributed by atoms with Gasteiger partial charge in [-0.1, -0.05) is 37.0 Å². The van der Waals surface area contributed by atoms with E-state index in [9.17, 15) is 9.59 Å². The number of benzene rings is 1. The van der Waals surface area contributed by atoms with Gasteiger partial charge in [0, 0.05) is 18.3 Å². The molecule has 0 heterocycles. The van der Waals surface area contributed by atoms with E-state index in [2.05, 4.69) is 31.3 Å². The molecule has 0 bridgehead atoms. The van der Waals surface area contributed by atoms with Crippen molar-refractivity contribution < 1.29 is 9.59 Å². The van der Waals surface area contributed by atoms with Crippen LogP contribution in [0, 0.1) is 20.8 Å². The molecule has 1 saturated carbocycles. The van der Waals surface area contributed by atoms with Gasteiger partial charge in [-0.2, -0.15) is 0 Å². The number of hydrogen-bond donors (Lipinski definition) is 1. The van der Waals surface area contributed by atoms with Gasteiger partial charge in [0.2, 0.25) is 11.8 Å². The molecule has 1 N–H and O–H groups in total. The maximum atomic E-state index is 13.1. The van der Waals surface area contributed by atoms with Crippen molar-refractivity contribution in [2.24, 2.45) is 0 Å². The first-order chi connectivity index (χ1) is 13.2. The second-order valence-electron chi connectivity index (χ2n) is 8.33. The van der Waals surface area contributed by atoms with Gasteiger partial charge in [0.15, 0.2) is 0 Å². The van der Waals surface area contributed by atoms with Gasteiger partial charge >= 0.3 is 0 Å². The van der Waals surface area contributed by atoms with Crippen LogP contribution >= 0.6 is 0 Å². The molecule has 0 radical (unpaired) electrons. The van der Waals surface area contributed by atoms with E-state index < -0.39 is 0 Å². The predicted octanol–water partition coefficient (Wildman–Crippen LogP) is 4.05. The Bertz CT molecular complexity index is 672. The van der Waals surface area contributed by atoms with Crippen LogP contribution in [0.2, 0.25) is 0 Å². The zero-order chi connectivity index (χ0) is 20.8. The van der Waals surface area contributed by atoms with E-state index >= 15 is 0 Å². The van der Waals surface area contributed by atoms with Gasteiger partial charge in [-0.25, -0.2) is 0 Å². The molecule has 2 amide bonds. The Kier molecular flexibility index (Phi) is 8.05. The van der Waals surface area contributed by atoms with Gasteiger partial charge in [-0.15, -0.1) is 0 Å². The predicted molar refractivity (Wildman–Crippen MR) is 116 cm³/mol. The summed E-state index contributed by atoms with van der Waals surface area (Å²) in [4.78, 5) is 29.5. The number of aryl methyl sites for hydroxylation is 3. The Morgan fingerprint density at radius 3 is 2.21 bits per heavy atom. The Hall–Kier alpha value is -1.88. The SMILES string of the molecule is CCN(C(=O)[C@H](C)N(C)CC(=O)Nc1c(C)cc(C)cc1C)C1CCCCC1. The first-order valence-electron chi connectivity index (χ1n) is 10.6. The second kappa shape index (κ2) is 10.1. The Balaban J connectivity index is 1.97. The summed E-state index contributed by atoms with van der Waals surface area (Å²) in [6.07, 6.45) is 5.88. The summed E-state index contributed by atoms with van der Waals surface area (Å²) in [5.41, 5.74) is 4.19. The lowest BCUT2D eigenvalue weighted by Gasteiger charge is -2.37. The molecule has 1 aromatic carbocycles. The number of nitrogens with zero attached hydrogens (tertiary/aromatic N) is 2. The van der Waals surface area contributed by atoms with E-state index in [4.69, 9.17) is 0 Å². The average molecular weight is 388 g/mol. The molecule has 2 rings (SSSR count). The largest absolute Gasteiger partial charge is 0.339 e. The van der Waals surface area contributed by atoms with E-state index in [-0.39, 0.29) is 24.4 Å². The first-order valence-corrected chi connectivity index (χ1v) is 10.6. The number of carbonyl (C=O) groups excluding carboxylic acids is 2. The van der Waals surface area contributed by atoms with Crippen LogP contribution in [0.4, 0.5) is 5.69 Å². The van der Waals surface area contributed by atoms with Gasteiger partial charge in [0.25, 0.3) is 0 Å². The van der Waals surface area contributed by atoms with Crippen LogP contribution in [0.1, 0.15) is 62.6 Å². The highest BCUT2D eigenvalue weighted by Crippen LogP contribution is 2.24. The van der Waals surface area contributed by atoms with Crippen molar-refractivity contribution in [1.29, 1.82) is 0 Å². The van der Waals surface area contributed by atoms with E-state index in [0.717, 1.165) is 36.2 Å². The Labute approximate surface area is 170 Å². The summed E-state index contributed by atoms with van der Waals surface area (Å²) in [7, 11) is 1.85. The van der Waals surface area contributed by atoms with Crippen molar-refractivity contribution >= 4 is 17.5 Å². The van der Waals surface area contributed by atoms with Gasteiger partial charge in [0.1, 0.15) is 0 Å². The molecule has 5 heteroatoms. The number of rotatable bonds is 7. The molecule has 1 aliphatic carbocycles. The molecule has 1 atom stereocenters. The van der Waals surface area contributed by atoms with E-state index in [1.165, 1.54) is 24.8 Å². The lowest BCUT2D eigenvalue weighted by atomic mass is 9.93. The zero-order valence-corrected chi connectivity index (χ0v) is 18.5. The highest BCUT2D eigenvalue weighted by atomic mass is 16.2. The minimum Gasteiger partial charge on any atom is -0.339 e. The lowest BCUT2D eigenvalue weighted by Crippen LogP contribution is -2.51. The third-order valence-corrected chi connectivity index (χ3v) is 5.99. The number of anilines is 1. The monoisotopic (exact) mass is 387 g/mol. The fraction of sp³-hybridized carbons (Fsp3) is 0.652. The molecule has 1 aromatic rings. The van der Waals surface area contributed by atoms with Crippen LogP contribution in [-0.4, -0.2) is 53.8 Å². The minimum absolute atomic E-state index is 0.0853. The molecule has 156 valence electrons. The number of nitrogens with one attached hydrogen (secondary N) is 1. The molecule has 28 heavy (non-hydrogen) atoms. The highest BCUT2D eigenvalue weighted by molar-refractivity contribution is 5.94. The highest BCUT2D eigenvalue weighted by Gasteiger charge is 2.29. The lowest BCUT2D eigenvalue weighted by molar-refractivity contribution is -0.139. The molecule has 1 aliphatic rings. The maximum absolute atomic E-state index is 13.1. The van der Waals surface area contributed by atoms with Crippen molar-refractivity contribution in [1.82, 2.24) is 9.80 Å². The fourth-order valence-corrected chi connectivity index (χ4v) is 4.33. The van der Waals surface area contributed by atoms with Gasteiger partial charge < -0.3 is 10.2 Å². The fourth-order valence-electron chi connectivity index (χ4n) is 4.33. The molecule has 0 aliphatic heterocycles. The van der Waals surface area contributed by atoms with Crippen molar-refractivity contribution in [2.75, 3.05) is 25.5 Å². The van der Waals surface area contributed by atoms with Crippen molar-refractivity contribution in [3.63, 3.8) is 0 Å². The third-order valence-electron chi connectivity index (χ3n) is 5.99. The summed E-state index contributed by atoms with van der Waals surface area (Å²) in [6, 6.07) is 4.19. The number of likely N-dealkylation sites (N-methyl/N-ethyl adjacent to an activating group) is 2. The molecular weight excluding hydrogens is 350 g/mol. The normalized spacial score (nSPS) is 16.1. The van der Waals surface area contributed by atoms with Crippen LogP contribution < -0.4 is 5.32 Å². The van der Waals surface area contributed by atoms with Crippen LogP contribution in [0.3, 0.4) is 0 Å². The summed E-state index contributed by atoms with van der Waals surface area (Å²) < 4.78 is 0. The zero-order valence-electron chi connectivity index (χ0n) is 18.5. The van der Waals surface area contributed by atoms with Crippen molar-refractivity contribution in [3.05, 3.63) is 28.8 Å². The maximum Gasteiger partial charge on any atom is 0.239 e. The molecule has 0 unspecified atom stereocenters. The Morgan fingerprint density at radius 1 is 1.11 bits per heavy atom. The van der Waals surface area contributed by atoms with E-state index in [1.807, 2.05) is 37.6 Å². The summed E-state index contributed by atoms with van der Waals surface area (Å²) in [6.45, 7) is 11.0. The van der Waals surface area contributed by atoms with Gasteiger partial charge in [0.05, 0.1) is 12.6 Å². The molecule has 0 spiro atoms. The summed E-state index contributed by atoms with van der Waals surface area (Å²) in [5, 5.41) is 3.03.